The van der Waals surface area contributed by atoms with Gasteiger partial charge in [0.25, 0.3) is 0 Å². The average molecular weight is 990 g/mol. The fourth-order valence-corrected chi connectivity index (χ4v) is 8.27. The molecule has 0 saturated carbocycles. The summed E-state index contributed by atoms with van der Waals surface area (Å²) >= 11 is 0. The predicted octanol–water partition coefficient (Wildman–Crippen LogP) is 20.3. The highest BCUT2D eigenvalue weighted by atomic mass is 16.6. The molecule has 0 radical (unpaired) electrons. The Bertz CT molecular complexity index is 1370. The lowest BCUT2D eigenvalue weighted by Crippen LogP contribution is -2.30. The largest absolute Gasteiger partial charge is 0.462 e. The van der Waals surface area contributed by atoms with E-state index in [9.17, 15) is 14.4 Å². The van der Waals surface area contributed by atoms with E-state index in [2.05, 4.69) is 106 Å². The summed E-state index contributed by atoms with van der Waals surface area (Å²) in [4.78, 5) is 38.2. The molecule has 0 N–H and O–H groups in total. The van der Waals surface area contributed by atoms with Gasteiger partial charge in [0.05, 0.1) is 0 Å². The number of ether oxygens (including phenoxy) is 3. The van der Waals surface area contributed by atoms with E-state index < -0.39 is 6.10 Å². The minimum atomic E-state index is -0.797. The van der Waals surface area contributed by atoms with Crippen LogP contribution in [-0.4, -0.2) is 37.2 Å². The van der Waals surface area contributed by atoms with Crippen molar-refractivity contribution in [1.82, 2.24) is 0 Å². The van der Waals surface area contributed by atoms with Gasteiger partial charge in [0, 0.05) is 19.3 Å². The Morgan fingerprint density at radius 1 is 0.282 bits per heavy atom. The lowest BCUT2D eigenvalue weighted by Gasteiger charge is -2.18. The summed E-state index contributed by atoms with van der Waals surface area (Å²) in [6, 6.07) is 0. The number of carbonyl (C=O) groups excluding carboxylic acids is 3. The first-order valence-electron chi connectivity index (χ1n) is 30.1. The van der Waals surface area contributed by atoms with Crippen molar-refractivity contribution in [2.75, 3.05) is 13.2 Å². The maximum atomic E-state index is 12.9. The lowest BCUT2D eigenvalue weighted by molar-refractivity contribution is -0.167. The van der Waals surface area contributed by atoms with Crippen molar-refractivity contribution < 1.29 is 28.6 Å². The Balaban J connectivity index is 4.43. The molecule has 0 fully saturated rings. The second-order valence-electron chi connectivity index (χ2n) is 19.9. The molecule has 0 unspecified atom stereocenters. The van der Waals surface area contributed by atoms with E-state index in [1.165, 1.54) is 167 Å². The van der Waals surface area contributed by atoms with Crippen LogP contribution in [0, 0.1) is 0 Å². The first kappa shape index (κ1) is 67.6. The molecule has 0 rings (SSSR count). The Hall–Kier alpha value is -3.41. The van der Waals surface area contributed by atoms with Crippen LogP contribution in [0.5, 0.6) is 0 Å². The third-order valence-electron chi connectivity index (χ3n) is 12.8. The molecule has 1 atom stereocenters. The van der Waals surface area contributed by atoms with Crippen molar-refractivity contribution in [2.24, 2.45) is 0 Å². The van der Waals surface area contributed by atoms with Crippen LogP contribution in [0.3, 0.4) is 0 Å². The zero-order valence-corrected chi connectivity index (χ0v) is 46.7. The Morgan fingerprint density at radius 3 is 0.817 bits per heavy atom. The summed E-state index contributed by atoms with van der Waals surface area (Å²) in [5.74, 6) is -0.932. The molecular formula is C65H112O6. The van der Waals surface area contributed by atoms with Crippen molar-refractivity contribution in [2.45, 2.75) is 297 Å². The van der Waals surface area contributed by atoms with Crippen LogP contribution >= 0.6 is 0 Å². The molecule has 0 aromatic carbocycles. The van der Waals surface area contributed by atoms with Crippen LogP contribution in [0.4, 0.5) is 0 Å². The summed E-state index contributed by atoms with van der Waals surface area (Å²) < 4.78 is 16.9. The third-order valence-corrected chi connectivity index (χ3v) is 12.8. The van der Waals surface area contributed by atoms with Gasteiger partial charge in [0.15, 0.2) is 6.10 Å². The Labute approximate surface area is 439 Å². The molecular weight excluding hydrogens is 877 g/mol. The van der Waals surface area contributed by atoms with Gasteiger partial charge >= 0.3 is 17.9 Å². The normalized spacial score (nSPS) is 12.7. The molecule has 6 heteroatoms. The minimum absolute atomic E-state index is 0.0921. The van der Waals surface area contributed by atoms with Gasteiger partial charge in [-0.25, -0.2) is 0 Å². The zero-order valence-electron chi connectivity index (χ0n) is 46.7. The molecule has 0 aromatic rings. The van der Waals surface area contributed by atoms with Gasteiger partial charge in [-0.15, -0.1) is 0 Å². The van der Waals surface area contributed by atoms with Gasteiger partial charge in [-0.2, -0.15) is 0 Å². The SMILES string of the molecule is CCCCC/C=C\C/C=C\C/C=C\CCCCC(=O)OC[C@@H](COC(=O)CCCCCCCCCCC/C=C\C/C=C\CCCCC)OC(=O)CCCCCCCCCCC/C=C\C/C=C\CCCCC. The second kappa shape index (κ2) is 59.2. The molecule has 0 amide bonds. The molecule has 0 aliphatic heterocycles. The average Bonchev–Trinajstić information content (AvgIpc) is 3.37. The molecule has 0 bridgehead atoms. The maximum absolute atomic E-state index is 12.9. The maximum Gasteiger partial charge on any atom is 0.306 e. The van der Waals surface area contributed by atoms with Crippen LogP contribution in [-0.2, 0) is 28.6 Å². The summed E-state index contributed by atoms with van der Waals surface area (Å²) in [5.41, 5.74) is 0. The van der Waals surface area contributed by atoms with Crippen LogP contribution in [0.15, 0.2) is 85.1 Å². The quantitative estimate of drug-likeness (QED) is 0.0261. The Kier molecular flexibility index (Phi) is 56.3. The summed E-state index contributed by atoms with van der Waals surface area (Å²) in [6.07, 6.45) is 77.1. The molecule has 0 heterocycles. The van der Waals surface area contributed by atoms with Gasteiger partial charge in [-0.3, -0.25) is 14.4 Å². The van der Waals surface area contributed by atoms with Crippen molar-refractivity contribution in [3.05, 3.63) is 85.1 Å². The van der Waals surface area contributed by atoms with Gasteiger partial charge in [-0.05, 0) is 122 Å². The lowest BCUT2D eigenvalue weighted by atomic mass is 10.1. The Morgan fingerprint density at radius 2 is 0.507 bits per heavy atom. The summed E-state index contributed by atoms with van der Waals surface area (Å²) in [5, 5.41) is 0. The number of hydrogen-bond acceptors (Lipinski definition) is 6. The van der Waals surface area contributed by atoms with E-state index in [0.29, 0.717) is 19.3 Å². The number of unbranched alkanes of at least 4 members (excludes halogenated alkanes) is 29. The molecule has 71 heavy (non-hydrogen) atoms. The van der Waals surface area contributed by atoms with Gasteiger partial charge in [0.2, 0.25) is 0 Å². The fourth-order valence-electron chi connectivity index (χ4n) is 8.27. The highest BCUT2D eigenvalue weighted by Gasteiger charge is 2.19. The molecule has 0 aliphatic rings. The number of allylic oxidation sites excluding steroid dienone is 14. The van der Waals surface area contributed by atoms with E-state index in [1.54, 1.807) is 0 Å². The number of hydrogen-bond donors (Lipinski definition) is 0. The first-order chi connectivity index (χ1) is 35.0. The molecule has 0 aliphatic carbocycles. The number of rotatable bonds is 54. The predicted molar refractivity (Wildman–Crippen MR) is 307 cm³/mol. The zero-order chi connectivity index (χ0) is 51.4. The summed E-state index contributed by atoms with van der Waals surface area (Å²) in [7, 11) is 0. The van der Waals surface area contributed by atoms with E-state index >= 15 is 0 Å². The van der Waals surface area contributed by atoms with E-state index in [0.717, 1.165) is 83.5 Å². The molecule has 0 saturated heterocycles. The fraction of sp³-hybridized carbons (Fsp3) is 0.738. The van der Waals surface area contributed by atoms with Gasteiger partial charge in [-0.1, -0.05) is 234 Å². The van der Waals surface area contributed by atoms with Crippen molar-refractivity contribution >= 4 is 17.9 Å². The monoisotopic (exact) mass is 989 g/mol. The van der Waals surface area contributed by atoms with Crippen molar-refractivity contribution in [1.29, 1.82) is 0 Å². The van der Waals surface area contributed by atoms with Crippen molar-refractivity contribution in [3.63, 3.8) is 0 Å². The standard InChI is InChI=1S/C65H112O6/c1-4-7-10-13-16-19-22-25-28-30-32-34-37-40-43-46-49-52-55-58-64(67)70-61-62(60-69-63(66)57-54-51-48-45-42-39-36-27-24-21-18-15-12-9-6-3)71-65(68)59-56-53-50-47-44-41-38-35-33-31-29-26-23-20-17-14-11-8-5-2/h16-21,25-29,36,42,45,62H,4-15,22-24,30-35,37-41,43-44,46-61H2,1-3H3/b19-16-,20-17-,21-18-,28-25-,29-26-,36-27-,45-42-/t62-/m0/s1. The van der Waals surface area contributed by atoms with Gasteiger partial charge < -0.3 is 14.2 Å². The van der Waals surface area contributed by atoms with Crippen LogP contribution in [0.2, 0.25) is 0 Å². The molecule has 0 spiro atoms. The highest BCUT2D eigenvalue weighted by Crippen LogP contribution is 2.15. The van der Waals surface area contributed by atoms with Gasteiger partial charge in [0.1, 0.15) is 13.2 Å². The minimum Gasteiger partial charge on any atom is -0.462 e. The topological polar surface area (TPSA) is 78.9 Å². The second-order valence-corrected chi connectivity index (χ2v) is 19.9. The smallest absolute Gasteiger partial charge is 0.306 e. The van der Waals surface area contributed by atoms with Crippen LogP contribution < -0.4 is 0 Å². The third kappa shape index (κ3) is 57.4. The number of esters is 3. The molecule has 408 valence electrons. The van der Waals surface area contributed by atoms with E-state index in [-0.39, 0.29) is 31.1 Å². The summed E-state index contributed by atoms with van der Waals surface area (Å²) in [6.45, 7) is 6.54. The molecule has 6 nitrogen and oxygen atoms in total. The van der Waals surface area contributed by atoms with E-state index in [4.69, 9.17) is 14.2 Å². The highest BCUT2D eigenvalue weighted by molar-refractivity contribution is 5.71. The molecule has 0 aromatic heterocycles. The number of carbonyl (C=O) groups is 3. The van der Waals surface area contributed by atoms with E-state index in [1.807, 2.05) is 0 Å². The van der Waals surface area contributed by atoms with Crippen LogP contribution in [0.25, 0.3) is 0 Å². The first-order valence-corrected chi connectivity index (χ1v) is 30.1. The van der Waals surface area contributed by atoms with Crippen LogP contribution in [0.1, 0.15) is 290 Å². The van der Waals surface area contributed by atoms with Crippen molar-refractivity contribution in [3.8, 4) is 0 Å².